The molecule has 1 saturated heterocycles. The van der Waals surface area contributed by atoms with Crippen molar-refractivity contribution >= 4 is 11.9 Å². The number of carboxylic acid groups (broad SMARTS) is 1. The second kappa shape index (κ2) is 8.37. The maximum Gasteiger partial charge on any atom is 0.307 e. The highest BCUT2D eigenvalue weighted by atomic mass is 16.6. The van der Waals surface area contributed by atoms with Gasteiger partial charge in [0.05, 0.1) is 12.3 Å². The van der Waals surface area contributed by atoms with Crippen molar-refractivity contribution in [1.29, 1.82) is 0 Å². The van der Waals surface area contributed by atoms with Gasteiger partial charge in [-0.05, 0) is 59.0 Å². The van der Waals surface area contributed by atoms with Crippen molar-refractivity contribution in [3.63, 3.8) is 0 Å². The molecular formula is C16H29NO4. The minimum atomic E-state index is -0.897. The third kappa shape index (κ3) is 8.05. The van der Waals surface area contributed by atoms with Gasteiger partial charge in [0, 0.05) is 0 Å². The summed E-state index contributed by atoms with van der Waals surface area (Å²) in [5, 5.41) is 12.6. The Hall–Kier alpha value is -1.10. The van der Waals surface area contributed by atoms with Crippen LogP contribution >= 0.6 is 0 Å². The molecule has 1 atom stereocenters. The van der Waals surface area contributed by atoms with Crippen LogP contribution in [-0.2, 0) is 14.3 Å². The average molecular weight is 299 g/mol. The summed E-state index contributed by atoms with van der Waals surface area (Å²) in [6.07, 6.45) is 4.79. The van der Waals surface area contributed by atoms with Crippen LogP contribution in [0.15, 0.2) is 0 Å². The molecule has 21 heavy (non-hydrogen) atoms. The number of hydrogen-bond donors (Lipinski definition) is 2. The summed E-state index contributed by atoms with van der Waals surface area (Å²) in [6.45, 7) is 7.49. The van der Waals surface area contributed by atoms with Gasteiger partial charge in [-0.25, -0.2) is 0 Å². The van der Waals surface area contributed by atoms with E-state index >= 15 is 0 Å². The zero-order valence-corrected chi connectivity index (χ0v) is 13.5. The lowest BCUT2D eigenvalue weighted by atomic mass is 9.89. The smallest absolute Gasteiger partial charge is 0.307 e. The highest BCUT2D eigenvalue weighted by Gasteiger charge is 2.25. The van der Waals surface area contributed by atoms with E-state index in [4.69, 9.17) is 4.74 Å². The molecule has 0 aromatic carbocycles. The fourth-order valence-electron chi connectivity index (χ4n) is 2.72. The van der Waals surface area contributed by atoms with Crippen molar-refractivity contribution in [2.45, 2.75) is 64.9 Å². The first-order chi connectivity index (χ1) is 9.78. The highest BCUT2D eigenvalue weighted by Crippen LogP contribution is 2.22. The quantitative estimate of drug-likeness (QED) is 0.707. The summed E-state index contributed by atoms with van der Waals surface area (Å²) in [7, 11) is 0. The Labute approximate surface area is 127 Å². The van der Waals surface area contributed by atoms with Crippen molar-refractivity contribution in [2.24, 2.45) is 11.8 Å². The van der Waals surface area contributed by atoms with Gasteiger partial charge in [0.1, 0.15) is 5.60 Å². The van der Waals surface area contributed by atoms with Crippen molar-refractivity contribution < 1.29 is 19.4 Å². The molecule has 5 heteroatoms. The number of carboxylic acids is 1. The summed E-state index contributed by atoms with van der Waals surface area (Å²) in [4.78, 5) is 23.0. The molecule has 0 aliphatic carbocycles. The Kier molecular flexibility index (Phi) is 7.15. The van der Waals surface area contributed by atoms with Crippen LogP contribution in [0.2, 0.25) is 0 Å². The van der Waals surface area contributed by atoms with Crippen molar-refractivity contribution in [3.05, 3.63) is 0 Å². The number of esters is 1. The largest absolute Gasteiger partial charge is 0.481 e. The van der Waals surface area contributed by atoms with Gasteiger partial charge in [0.15, 0.2) is 0 Å². The molecule has 1 aliphatic heterocycles. The molecule has 0 aromatic rings. The highest BCUT2D eigenvalue weighted by molar-refractivity contribution is 5.78. The minimum absolute atomic E-state index is 0.0289. The van der Waals surface area contributed by atoms with Gasteiger partial charge in [-0.15, -0.1) is 0 Å². The van der Waals surface area contributed by atoms with E-state index in [2.05, 4.69) is 5.32 Å². The normalized spacial score (nSPS) is 18.2. The maximum atomic E-state index is 11.7. The maximum absolute atomic E-state index is 11.7. The number of rotatable bonds is 7. The Morgan fingerprint density at radius 2 is 1.90 bits per heavy atom. The summed E-state index contributed by atoms with van der Waals surface area (Å²) in [5.74, 6) is -1.24. The first kappa shape index (κ1) is 18.0. The van der Waals surface area contributed by atoms with Crippen LogP contribution in [0, 0.1) is 11.8 Å². The number of piperidine rings is 1. The first-order valence-electron chi connectivity index (χ1n) is 7.93. The van der Waals surface area contributed by atoms with Crippen LogP contribution in [-0.4, -0.2) is 35.7 Å². The lowest BCUT2D eigenvalue weighted by molar-refractivity contribution is -0.160. The van der Waals surface area contributed by atoms with E-state index in [1.165, 1.54) is 12.8 Å². The average Bonchev–Trinajstić information content (AvgIpc) is 2.36. The van der Waals surface area contributed by atoms with Gasteiger partial charge >= 0.3 is 11.9 Å². The van der Waals surface area contributed by atoms with Crippen molar-refractivity contribution in [1.82, 2.24) is 5.32 Å². The molecule has 0 amide bonds. The SMILES string of the molecule is CC(C)(C)OC(=O)C[C@H](CCCC1CCNCC1)C(=O)O. The zero-order chi connectivity index (χ0) is 15.9. The molecule has 0 unspecified atom stereocenters. The molecule has 0 aromatic heterocycles. The molecule has 1 heterocycles. The van der Waals surface area contributed by atoms with E-state index in [-0.39, 0.29) is 6.42 Å². The molecule has 5 nitrogen and oxygen atoms in total. The Balaban J connectivity index is 2.32. The van der Waals surface area contributed by atoms with Gasteiger partial charge in [0.2, 0.25) is 0 Å². The molecule has 2 N–H and O–H groups in total. The number of ether oxygens (including phenoxy) is 1. The molecule has 0 radical (unpaired) electrons. The number of hydrogen-bond acceptors (Lipinski definition) is 4. The molecule has 0 bridgehead atoms. The number of carbonyl (C=O) groups is 2. The van der Waals surface area contributed by atoms with E-state index in [0.29, 0.717) is 12.3 Å². The van der Waals surface area contributed by atoms with Gasteiger partial charge in [-0.2, -0.15) is 0 Å². The molecule has 1 fully saturated rings. The third-order valence-electron chi connectivity index (χ3n) is 3.81. The molecule has 1 rings (SSSR count). The van der Waals surface area contributed by atoms with Crippen LogP contribution in [0.25, 0.3) is 0 Å². The Morgan fingerprint density at radius 3 is 2.43 bits per heavy atom. The van der Waals surface area contributed by atoms with E-state index in [0.717, 1.165) is 25.9 Å². The number of aliphatic carboxylic acids is 1. The van der Waals surface area contributed by atoms with Crippen LogP contribution in [0.1, 0.15) is 59.3 Å². The van der Waals surface area contributed by atoms with Crippen molar-refractivity contribution in [2.75, 3.05) is 13.1 Å². The summed E-state index contributed by atoms with van der Waals surface area (Å²) in [5.41, 5.74) is -0.560. The van der Waals surface area contributed by atoms with Gasteiger partial charge in [-0.1, -0.05) is 12.8 Å². The van der Waals surface area contributed by atoms with Crippen LogP contribution < -0.4 is 5.32 Å². The Morgan fingerprint density at radius 1 is 1.29 bits per heavy atom. The lowest BCUT2D eigenvalue weighted by Gasteiger charge is -2.23. The zero-order valence-electron chi connectivity index (χ0n) is 13.5. The summed E-state index contributed by atoms with van der Waals surface area (Å²) >= 11 is 0. The predicted molar refractivity (Wildman–Crippen MR) is 81.0 cm³/mol. The summed E-state index contributed by atoms with van der Waals surface area (Å²) < 4.78 is 5.20. The minimum Gasteiger partial charge on any atom is -0.481 e. The van der Waals surface area contributed by atoms with Crippen LogP contribution in [0.3, 0.4) is 0 Å². The standard InChI is InChI=1S/C16H29NO4/c1-16(2,3)21-14(18)11-13(15(19)20)6-4-5-12-7-9-17-10-8-12/h12-13,17H,4-11H2,1-3H3,(H,19,20)/t13-/m0/s1. The van der Waals surface area contributed by atoms with E-state index < -0.39 is 23.5 Å². The lowest BCUT2D eigenvalue weighted by Crippen LogP contribution is -2.28. The molecule has 122 valence electrons. The van der Waals surface area contributed by atoms with Crippen molar-refractivity contribution in [3.8, 4) is 0 Å². The molecule has 0 spiro atoms. The van der Waals surface area contributed by atoms with Gasteiger partial charge in [0.25, 0.3) is 0 Å². The molecular weight excluding hydrogens is 270 g/mol. The fraction of sp³-hybridized carbons (Fsp3) is 0.875. The molecule has 0 saturated carbocycles. The fourth-order valence-corrected chi connectivity index (χ4v) is 2.72. The number of carbonyl (C=O) groups excluding carboxylic acids is 1. The third-order valence-corrected chi connectivity index (χ3v) is 3.81. The first-order valence-corrected chi connectivity index (χ1v) is 7.93. The van der Waals surface area contributed by atoms with Gasteiger partial charge in [-0.3, -0.25) is 9.59 Å². The second-order valence-corrected chi connectivity index (χ2v) is 6.95. The second-order valence-electron chi connectivity index (χ2n) is 6.95. The summed E-state index contributed by atoms with van der Waals surface area (Å²) in [6, 6.07) is 0. The topological polar surface area (TPSA) is 75.6 Å². The monoisotopic (exact) mass is 299 g/mol. The number of nitrogens with one attached hydrogen (secondary N) is 1. The predicted octanol–water partition coefficient (Wildman–Crippen LogP) is 2.59. The van der Waals surface area contributed by atoms with E-state index in [1.807, 2.05) is 0 Å². The van der Waals surface area contributed by atoms with Crippen LogP contribution in [0.4, 0.5) is 0 Å². The Bertz CT molecular complexity index is 343. The van der Waals surface area contributed by atoms with E-state index in [9.17, 15) is 14.7 Å². The van der Waals surface area contributed by atoms with Gasteiger partial charge < -0.3 is 15.2 Å². The van der Waals surface area contributed by atoms with Crippen LogP contribution in [0.5, 0.6) is 0 Å². The van der Waals surface area contributed by atoms with E-state index in [1.54, 1.807) is 20.8 Å². The molecule has 1 aliphatic rings.